The highest BCUT2D eigenvalue weighted by Crippen LogP contribution is 2.30. The fraction of sp³-hybridized carbons (Fsp3) is 0.600. The average Bonchev–Trinajstić information content (AvgIpc) is 2.39. The lowest BCUT2D eigenvalue weighted by Gasteiger charge is -2.33. The summed E-state index contributed by atoms with van der Waals surface area (Å²) >= 11 is 3.57. The van der Waals surface area contributed by atoms with E-state index in [1.54, 1.807) is 7.11 Å². The van der Waals surface area contributed by atoms with Gasteiger partial charge in [-0.15, -0.1) is 0 Å². The molecule has 0 aliphatic rings. The molecule has 0 spiro atoms. The first kappa shape index (κ1) is 16.5. The van der Waals surface area contributed by atoms with Crippen LogP contribution in [0.3, 0.4) is 0 Å². The van der Waals surface area contributed by atoms with Gasteiger partial charge in [0.2, 0.25) is 0 Å². The summed E-state index contributed by atoms with van der Waals surface area (Å²) in [5.41, 5.74) is 2.58. The van der Waals surface area contributed by atoms with Crippen LogP contribution in [0.1, 0.15) is 32.4 Å². The van der Waals surface area contributed by atoms with Crippen LogP contribution in [0, 0.1) is 0 Å². The number of benzene rings is 1. The predicted octanol–water partition coefficient (Wildman–Crippen LogP) is 3.59. The van der Waals surface area contributed by atoms with E-state index >= 15 is 0 Å². The molecule has 0 aliphatic heterocycles. The molecule has 3 nitrogen and oxygen atoms in total. The van der Waals surface area contributed by atoms with Gasteiger partial charge < -0.3 is 15.0 Å². The molecule has 1 rings (SSSR count). The van der Waals surface area contributed by atoms with Crippen LogP contribution in [0.5, 0.6) is 0 Å². The molecule has 2 unspecified atom stereocenters. The first-order valence-electron chi connectivity index (χ1n) is 6.77. The van der Waals surface area contributed by atoms with Crippen molar-refractivity contribution in [2.24, 2.45) is 0 Å². The summed E-state index contributed by atoms with van der Waals surface area (Å²) in [6.45, 7) is 8.25. The summed E-state index contributed by atoms with van der Waals surface area (Å²) in [6, 6.07) is 7.15. The summed E-state index contributed by atoms with van der Waals surface area (Å²) in [6.07, 6.45) is 0. The molecule has 0 bridgehead atoms. The highest BCUT2D eigenvalue weighted by Gasteiger charge is 2.18. The van der Waals surface area contributed by atoms with E-state index in [2.05, 4.69) is 65.1 Å². The number of halogens is 1. The third-order valence-electron chi connectivity index (χ3n) is 3.48. The Labute approximate surface area is 125 Å². The molecule has 4 heteroatoms. The molecule has 1 aromatic rings. The fourth-order valence-electron chi connectivity index (χ4n) is 2.34. The van der Waals surface area contributed by atoms with Gasteiger partial charge >= 0.3 is 0 Å². The molecular weight excluding hydrogens is 304 g/mol. The van der Waals surface area contributed by atoms with E-state index in [1.807, 2.05) is 7.05 Å². The van der Waals surface area contributed by atoms with Crippen LogP contribution in [0.25, 0.3) is 0 Å². The average molecular weight is 329 g/mol. The number of hydrogen-bond acceptors (Lipinski definition) is 3. The Hall–Kier alpha value is -0.580. The molecule has 0 saturated heterocycles. The number of likely N-dealkylation sites (N-methyl/N-ethyl adjacent to an activating group) is 1. The molecular formula is C15H25BrN2O. The maximum absolute atomic E-state index is 5.30. The highest BCUT2D eigenvalue weighted by atomic mass is 79.9. The van der Waals surface area contributed by atoms with Crippen molar-refractivity contribution >= 4 is 21.6 Å². The second kappa shape index (κ2) is 7.88. The maximum Gasteiger partial charge on any atom is 0.0663 e. The third kappa shape index (κ3) is 4.20. The van der Waals surface area contributed by atoms with Crippen molar-refractivity contribution in [3.63, 3.8) is 0 Å². The van der Waals surface area contributed by atoms with Crippen LogP contribution in [-0.4, -0.2) is 33.4 Å². The molecule has 0 aromatic heterocycles. The van der Waals surface area contributed by atoms with E-state index in [0.717, 1.165) is 17.6 Å². The lowest BCUT2D eigenvalue weighted by Crippen LogP contribution is -2.37. The van der Waals surface area contributed by atoms with Crippen molar-refractivity contribution in [2.45, 2.75) is 32.9 Å². The molecule has 1 aromatic carbocycles. The Morgan fingerprint density at radius 3 is 2.58 bits per heavy atom. The van der Waals surface area contributed by atoms with E-state index in [-0.39, 0.29) is 0 Å². The van der Waals surface area contributed by atoms with Gasteiger partial charge in [0.15, 0.2) is 0 Å². The summed E-state index contributed by atoms with van der Waals surface area (Å²) < 4.78 is 6.40. The molecule has 0 radical (unpaired) electrons. The molecule has 1 N–H and O–H groups in total. The lowest BCUT2D eigenvalue weighted by molar-refractivity contribution is 0.182. The molecule has 2 atom stereocenters. The Morgan fingerprint density at radius 1 is 1.37 bits per heavy atom. The number of methoxy groups -OCH3 is 1. The minimum absolute atomic E-state index is 0.326. The lowest BCUT2D eigenvalue weighted by atomic mass is 10.0. The molecule has 0 amide bonds. The monoisotopic (exact) mass is 328 g/mol. The van der Waals surface area contributed by atoms with Crippen molar-refractivity contribution in [3.05, 3.63) is 28.2 Å². The zero-order chi connectivity index (χ0) is 14.4. The number of hydrogen-bond donors (Lipinski definition) is 1. The Morgan fingerprint density at radius 2 is 2.05 bits per heavy atom. The maximum atomic E-state index is 5.30. The van der Waals surface area contributed by atoms with E-state index < -0.39 is 0 Å². The van der Waals surface area contributed by atoms with Crippen molar-refractivity contribution in [1.29, 1.82) is 0 Å². The number of rotatable bonds is 7. The van der Waals surface area contributed by atoms with E-state index in [1.165, 1.54) is 11.3 Å². The fourth-order valence-corrected chi connectivity index (χ4v) is 2.69. The van der Waals surface area contributed by atoms with Crippen LogP contribution >= 0.6 is 15.9 Å². The second-order valence-electron chi connectivity index (χ2n) is 4.80. The number of nitrogens with one attached hydrogen (secondary N) is 1. The Kier molecular flexibility index (Phi) is 6.83. The molecule has 108 valence electrons. The Bertz CT molecular complexity index is 398. The third-order valence-corrected chi connectivity index (χ3v) is 3.98. The van der Waals surface area contributed by atoms with Gasteiger partial charge in [0.25, 0.3) is 0 Å². The molecule has 0 fully saturated rings. The van der Waals surface area contributed by atoms with Gasteiger partial charge in [-0.3, -0.25) is 0 Å². The summed E-state index contributed by atoms with van der Waals surface area (Å²) in [4.78, 5) is 2.39. The van der Waals surface area contributed by atoms with Crippen molar-refractivity contribution in [1.82, 2.24) is 5.32 Å². The topological polar surface area (TPSA) is 24.5 Å². The van der Waals surface area contributed by atoms with Gasteiger partial charge in [-0.1, -0.05) is 22.0 Å². The van der Waals surface area contributed by atoms with Crippen LogP contribution in [-0.2, 0) is 4.74 Å². The zero-order valence-corrected chi connectivity index (χ0v) is 14.1. The highest BCUT2D eigenvalue weighted by molar-refractivity contribution is 9.10. The van der Waals surface area contributed by atoms with Gasteiger partial charge in [-0.25, -0.2) is 0 Å². The van der Waals surface area contributed by atoms with Crippen molar-refractivity contribution < 1.29 is 4.74 Å². The summed E-state index contributed by atoms with van der Waals surface area (Å²) in [7, 11) is 3.74. The van der Waals surface area contributed by atoms with Crippen LogP contribution < -0.4 is 10.2 Å². The molecule has 0 saturated carbocycles. The largest absolute Gasteiger partial charge is 0.383 e. The summed E-state index contributed by atoms with van der Waals surface area (Å²) in [5.74, 6) is 0. The van der Waals surface area contributed by atoms with E-state index in [0.29, 0.717) is 12.1 Å². The second-order valence-corrected chi connectivity index (χ2v) is 5.72. The van der Waals surface area contributed by atoms with Gasteiger partial charge in [0.1, 0.15) is 0 Å². The SMILES string of the molecule is CCN(c1cc(Br)ccc1C(C)NC)C(C)COC. The van der Waals surface area contributed by atoms with Crippen molar-refractivity contribution in [3.8, 4) is 0 Å². The zero-order valence-electron chi connectivity index (χ0n) is 12.5. The van der Waals surface area contributed by atoms with Crippen LogP contribution in [0.15, 0.2) is 22.7 Å². The molecule has 19 heavy (non-hydrogen) atoms. The predicted molar refractivity (Wildman–Crippen MR) is 86.0 cm³/mol. The van der Waals surface area contributed by atoms with E-state index in [4.69, 9.17) is 4.74 Å². The standard InChI is InChI=1S/C15H25BrN2O/c1-6-18(11(2)10-19-5)15-9-13(16)7-8-14(15)12(3)17-4/h7-9,11-12,17H,6,10H2,1-5H3. The van der Waals surface area contributed by atoms with Crippen LogP contribution in [0.4, 0.5) is 5.69 Å². The van der Waals surface area contributed by atoms with Gasteiger partial charge in [0, 0.05) is 35.9 Å². The minimum Gasteiger partial charge on any atom is -0.383 e. The smallest absolute Gasteiger partial charge is 0.0663 e. The normalized spacial score (nSPS) is 14.2. The first-order chi connectivity index (χ1) is 9.04. The van der Waals surface area contributed by atoms with Crippen molar-refractivity contribution in [2.75, 3.05) is 32.2 Å². The Balaban J connectivity index is 3.16. The summed E-state index contributed by atoms with van der Waals surface area (Å²) in [5, 5.41) is 3.32. The first-order valence-corrected chi connectivity index (χ1v) is 7.56. The minimum atomic E-state index is 0.326. The number of ether oxygens (including phenoxy) is 1. The van der Waals surface area contributed by atoms with E-state index in [9.17, 15) is 0 Å². The molecule has 0 heterocycles. The van der Waals surface area contributed by atoms with Gasteiger partial charge in [0.05, 0.1) is 6.61 Å². The van der Waals surface area contributed by atoms with Gasteiger partial charge in [-0.05, 0) is 45.5 Å². The molecule has 0 aliphatic carbocycles. The van der Waals surface area contributed by atoms with Gasteiger partial charge in [-0.2, -0.15) is 0 Å². The number of anilines is 1. The van der Waals surface area contributed by atoms with Crippen LogP contribution in [0.2, 0.25) is 0 Å². The quantitative estimate of drug-likeness (QED) is 0.827. The number of nitrogens with zero attached hydrogens (tertiary/aromatic N) is 1.